The van der Waals surface area contributed by atoms with Crippen LogP contribution in [0.25, 0.3) is 0 Å². The number of thiocarbonyl (C=S) groups is 1. The summed E-state index contributed by atoms with van der Waals surface area (Å²) >= 11 is 5.03. The molecule has 0 atom stereocenters. The molecule has 110 valence electrons. The van der Waals surface area contributed by atoms with Crippen molar-refractivity contribution in [3.63, 3.8) is 0 Å². The Bertz CT molecular complexity index is 447. The molecule has 1 aromatic rings. The number of likely N-dealkylation sites (N-methyl/N-ethyl adjacent to an activating group) is 1. The summed E-state index contributed by atoms with van der Waals surface area (Å²) in [6.07, 6.45) is 2.19. The highest BCUT2D eigenvalue weighted by Crippen LogP contribution is 2.18. The Kier molecular flexibility index (Phi) is 5.76. The SMILES string of the molecule is CN(CCOc1ccccc1C(N)=S)C1CCOCC1. The van der Waals surface area contributed by atoms with Crippen LogP contribution >= 0.6 is 12.2 Å². The number of rotatable bonds is 6. The fourth-order valence-electron chi connectivity index (χ4n) is 2.40. The first-order chi connectivity index (χ1) is 9.68. The van der Waals surface area contributed by atoms with Gasteiger partial charge in [0.1, 0.15) is 17.3 Å². The smallest absolute Gasteiger partial charge is 0.129 e. The van der Waals surface area contributed by atoms with Crippen LogP contribution < -0.4 is 10.5 Å². The molecule has 4 nitrogen and oxygen atoms in total. The molecule has 1 fully saturated rings. The fraction of sp³-hybridized carbons (Fsp3) is 0.533. The molecule has 5 heteroatoms. The molecule has 0 radical (unpaired) electrons. The quantitative estimate of drug-likeness (QED) is 0.811. The van der Waals surface area contributed by atoms with Crippen LogP contribution in [-0.4, -0.2) is 49.3 Å². The van der Waals surface area contributed by atoms with E-state index in [9.17, 15) is 0 Å². The molecule has 1 aromatic carbocycles. The van der Waals surface area contributed by atoms with Crippen LogP contribution in [0.2, 0.25) is 0 Å². The Labute approximate surface area is 125 Å². The molecule has 0 aromatic heterocycles. The first-order valence-corrected chi connectivity index (χ1v) is 7.39. The van der Waals surface area contributed by atoms with E-state index < -0.39 is 0 Å². The number of hydrogen-bond donors (Lipinski definition) is 1. The van der Waals surface area contributed by atoms with Crippen molar-refractivity contribution in [1.29, 1.82) is 0 Å². The van der Waals surface area contributed by atoms with E-state index in [-0.39, 0.29) is 0 Å². The average molecular weight is 294 g/mol. The predicted molar refractivity (Wildman–Crippen MR) is 84.3 cm³/mol. The Morgan fingerprint density at radius 3 is 2.80 bits per heavy atom. The van der Waals surface area contributed by atoms with E-state index in [1.54, 1.807) is 0 Å². The van der Waals surface area contributed by atoms with Crippen molar-refractivity contribution in [2.24, 2.45) is 5.73 Å². The molecule has 0 saturated carbocycles. The number of para-hydroxylation sites is 1. The zero-order chi connectivity index (χ0) is 14.4. The van der Waals surface area contributed by atoms with Crippen LogP contribution in [0.5, 0.6) is 5.75 Å². The van der Waals surface area contributed by atoms with Crippen molar-refractivity contribution < 1.29 is 9.47 Å². The summed E-state index contributed by atoms with van der Waals surface area (Å²) in [6, 6.07) is 8.23. The first kappa shape index (κ1) is 15.2. The third-order valence-electron chi connectivity index (χ3n) is 3.67. The van der Waals surface area contributed by atoms with Crippen LogP contribution in [0.15, 0.2) is 24.3 Å². The number of nitrogens with zero attached hydrogens (tertiary/aromatic N) is 1. The van der Waals surface area contributed by atoms with Gasteiger partial charge < -0.3 is 15.2 Å². The first-order valence-electron chi connectivity index (χ1n) is 6.98. The zero-order valence-corrected chi connectivity index (χ0v) is 12.7. The van der Waals surface area contributed by atoms with Gasteiger partial charge in [-0.05, 0) is 32.0 Å². The minimum Gasteiger partial charge on any atom is -0.492 e. The Morgan fingerprint density at radius 2 is 2.10 bits per heavy atom. The lowest BCUT2D eigenvalue weighted by Crippen LogP contribution is -2.38. The van der Waals surface area contributed by atoms with Gasteiger partial charge in [-0.2, -0.15) is 0 Å². The molecular weight excluding hydrogens is 272 g/mol. The van der Waals surface area contributed by atoms with Crippen molar-refractivity contribution >= 4 is 17.2 Å². The van der Waals surface area contributed by atoms with E-state index in [0.717, 1.165) is 43.9 Å². The molecule has 0 bridgehead atoms. The van der Waals surface area contributed by atoms with Crippen LogP contribution in [0.3, 0.4) is 0 Å². The molecule has 1 heterocycles. The summed E-state index contributed by atoms with van der Waals surface area (Å²) in [5.74, 6) is 0.764. The molecule has 1 saturated heterocycles. The van der Waals surface area contributed by atoms with Gasteiger partial charge in [-0.15, -0.1) is 0 Å². The van der Waals surface area contributed by atoms with Gasteiger partial charge in [-0.1, -0.05) is 24.4 Å². The molecule has 0 amide bonds. The van der Waals surface area contributed by atoms with E-state index in [2.05, 4.69) is 11.9 Å². The third kappa shape index (κ3) is 4.16. The highest BCUT2D eigenvalue weighted by Gasteiger charge is 2.18. The van der Waals surface area contributed by atoms with Crippen molar-refractivity contribution in [1.82, 2.24) is 4.90 Å². The van der Waals surface area contributed by atoms with Crippen molar-refractivity contribution in [2.75, 3.05) is 33.4 Å². The van der Waals surface area contributed by atoms with E-state index >= 15 is 0 Å². The van der Waals surface area contributed by atoms with Gasteiger partial charge in [0.15, 0.2) is 0 Å². The van der Waals surface area contributed by atoms with Gasteiger partial charge in [0, 0.05) is 25.8 Å². The summed E-state index contributed by atoms with van der Waals surface area (Å²) in [7, 11) is 2.14. The second-order valence-electron chi connectivity index (χ2n) is 5.03. The molecule has 20 heavy (non-hydrogen) atoms. The minimum atomic E-state index is 0.374. The maximum absolute atomic E-state index is 5.82. The average Bonchev–Trinajstić information content (AvgIpc) is 2.48. The largest absolute Gasteiger partial charge is 0.492 e. The Balaban J connectivity index is 1.82. The second-order valence-corrected chi connectivity index (χ2v) is 5.47. The minimum absolute atomic E-state index is 0.374. The molecular formula is C15H22N2O2S. The van der Waals surface area contributed by atoms with Gasteiger partial charge >= 0.3 is 0 Å². The second kappa shape index (κ2) is 7.57. The van der Waals surface area contributed by atoms with E-state index in [1.165, 1.54) is 0 Å². The number of benzene rings is 1. The number of hydrogen-bond acceptors (Lipinski definition) is 4. The van der Waals surface area contributed by atoms with Crippen LogP contribution in [-0.2, 0) is 4.74 Å². The predicted octanol–water partition coefficient (Wildman–Crippen LogP) is 1.81. The molecule has 0 unspecified atom stereocenters. The molecule has 2 N–H and O–H groups in total. The highest BCUT2D eigenvalue weighted by molar-refractivity contribution is 7.80. The highest BCUT2D eigenvalue weighted by atomic mass is 32.1. The van der Waals surface area contributed by atoms with Gasteiger partial charge in [0.05, 0.1) is 5.56 Å². The van der Waals surface area contributed by atoms with E-state index in [4.69, 9.17) is 27.4 Å². The monoisotopic (exact) mass is 294 g/mol. The van der Waals surface area contributed by atoms with Crippen molar-refractivity contribution in [3.8, 4) is 5.75 Å². The zero-order valence-electron chi connectivity index (χ0n) is 11.9. The van der Waals surface area contributed by atoms with Crippen molar-refractivity contribution in [2.45, 2.75) is 18.9 Å². The molecule has 0 spiro atoms. The van der Waals surface area contributed by atoms with E-state index in [0.29, 0.717) is 17.6 Å². The molecule has 0 aliphatic carbocycles. The molecule has 1 aliphatic heterocycles. The lowest BCUT2D eigenvalue weighted by Gasteiger charge is -2.31. The Morgan fingerprint density at radius 1 is 1.40 bits per heavy atom. The normalized spacial score (nSPS) is 16.3. The van der Waals surface area contributed by atoms with Gasteiger partial charge in [0.25, 0.3) is 0 Å². The summed E-state index contributed by atoms with van der Waals surface area (Å²) in [4.78, 5) is 2.71. The fourth-order valence-corrected chi connectivity index (χ4v) is 2.57. The lowest BCUT2D eigenvalue weighted by molar-refractivity contribution is 0.0392. The lowest BCUT2D eigenvalue weighted by atomic mass is 10.1. The summed E-state index contributed by atoms with van der Waals surface area (Å²) in [5.41, 5.74) is 6.49. The Hall–Kier alpha value is -1.17. The van der Waals surface area contributed by atoms with Crippen LogP contribution in [0, 0.1) is 0 Å². The van der Waals surface area contributed by atoms with Crippen LogP contribution in [0.4, 0.5) is 0 Å². The third-order valence-corrected chi connectivity index (χ3v) is 3.89. The molecule has 1 aliphatic rings. The summed E-state index contributed by atoms with van der Waals surface area (Å²) in [6.45, 7) is 3.24. The van der Waals surface area contributed by atoms with Gasteiger partial charge in [0.2, 0.25) is 0 Å². The molecule has 2 rings (SSSR count). The summed E-state index contributed by atoms with van der Waals surface area (Å²) < 4.78 is 11.2. The summed E-state index contributed by atoms with van der Waals surface area (Å²) in [5, 5.41) is 0. The van der Waals surface area contributed by atoms with E-state index in [1.807, 2.05) is 24.3 Å². The van der Waals surface area contributed by atoms with Gasteiger partial charge in [-0.25, -0.2) is 0 Å². The maximum Gasteiger partial charge on any atom is 0.129 e. The number of nitrogens with two attached hydrogens (primary N) is 1. The topological polar surface area (TPSA) is 47.7 Å². The van der Waals surface area contributed by atoms with Crippen LogP contribution in [0.1, 0.15) is 18.4 Å². The maximum atomic E-state index is 5.82. The van der Waals surface area contributed by atoms with Gasteiger partial charge in [-0.3, -0.25) is 4.90 Å². The number of ether oxygens (including phenoxy) is 2. The van der Waals surface area contributed by atoms with Crippen molar-refractivity contribution in [3.05, 3.63) is 29.8 Å². The standard InChI is InChI=1S/C15H22N2O2S/c1-17(12-6-9-18-10-7-12)8-11-19-14-5-3-2-4-13(14)15(16)20/h2-5,12H,6-11H2,1H3,(H2,16,20).